The quantitative estimate of drug-likeness (QED) is 0.798. The standard InChI is InChI=1S/C15H20N2O3S/c1-9-5-3-6-10(14(18)19)13(9)17-15(20)16-11-7-4-8-12(11)21-2/h3,5-6,11-12H,4,7-8H2,1-2H3,(H,18,19)(H2,16,17,20). The van der Waals surface area contributed by atoms with Gasteiger partial charge in [-0.15, -0.1) is 0 Å². The Morgan fingerprint density at radius 1 is 1.33 bits per heavy atom. The molecule has 0 aliphatic heterocycles. The molecule has 0 spiro atoms. The van der Waals surface area contributed by atoms with Crippen molar-refractivity contribution in [2.45, 2.75) is 37.5 Å². The fourth-order valence-corrected chi connectivity index (χ4v) is 3.64. The normalized spacial score (nSPS) is 21.0. The molecule has 6 heteroatoms. The van der Waals surface area contributed by atoms with Crippen LogP contribution in [0.15, 0.2) is 18.2 Å². The minimum absolute atomic E-state index is 0.109. The van der Waals surface area contributed by atoms with E-state index in [9.17, 15) is 14.7 Å². The number of benzene rings is 1. The first kappa shape index (κ1) is 15.7. The van der Waals surface area contributed by atoms with Gasteiger partial charge in [0, 0.05) is 11.3 Å². The van der Waals surface area contributed by atoms with Gasteiger partial charge in [-0.3, -0.25) is 0 Å². The smallest absolute Gasteiger partial charge is 0.337 e. The number of carbonyl (C=O) groups excluding carboxylic acids is 1. The summed E-state index contributed by atoms with van der Waals surface area (Å²) < 4.78 is 0. The second kappa shape index (κ2) is 6.85. The first-order valence-electron chi connectivity index (χ1n) is 6.96. The minimum atomic E-state index is -1.04. The van der Waals surface area contributed by atoms with E-state index in [-0.39, 0.29) is 17.6 Å². The van der Waals surface area contributed by atoms with E-state index in [4.69, 9.17) is 0 Å². The van der Waals surface area contributed by atoms with Crippen molar-refractivity contribution in [1.29, 1.82) is 0 Å². The topological polar surface area (TPSA) is 78.4 Å². The Balaban J connectivity index is 2.08. The Hall–Kier alpha value is -1.69. The van der Waals surface area contributed by atoms with Crippen molar-refractivity contribution >= 4 is 29.4 Å². The number of carboxylic acids is 1. The number of anilines is 1. The second-order valence-electron chi connectivity index (χ2n) is 5.21. The van der Waals surface area contributed by atoms with Crippen LogP contribution in [-0.4, -0.2) is 34.7 Å². The number of carbonyl (C=O) groups is 2. The van der Waals surface area contributed by atoms with Crippen LogP contribution in [0.3, 0.4) is 0 Å². The molecule has 1 aliphatic carbocycles. The number of urea groups is 1. The first-order valence-corrected chi connectivity index (χ1v) is 8.25. The van der Waals surface area contributed by atoms with Crippen LogP contribution in [0.4, 0.5) is 10.5 Å². The van der Waals surface area contributed by atoms with Crippen LogP contribution in [0.25, 0.3) is 0 Å². The van der Waals surface area contributed by atoms with Gasteiger partial charge < -0.3 is 15.7 Å². The predicted molar refractivity (Wildman–Crippen MR) is 85.2 cm³/mol. The summed E-state index contributed by atoms with van der Waals surface area (Å²) in [7, 11) is 0. The number of hydrogen-bond acceptors (Lipinski definition) is 3. The number of aryl methyl sites for hydroxylation is 1. The number of aromatic carboxylic acids is 1. The van der Waals surface area contributed by atoms with Gasteiger partial charge in [0.2, 0.25) is 0 Å². The monoisotopic (exact) mass is 308 g/mol. The fraction of sp³-hybridized carbons (Fsp3) is 0.467. The van der Waals surface area contributed by atoms with E-state index in [0.29, 0.717) is 10.9 Å². The van der Waals surface area contributed by atoms with E-state index >= 15 is 0 Å². The Bertz CT molecular complexity index is 548. The van der Waals surface area contributed by atoms with Crippen LogP contribution < -0.4 is 10.6 Å². The highest BCUT2D eigenvalue weighted by atomic mass is 32.2. The van der Waals surface area contributed by atoms with Crippen molar-refractivity contribution < 1.29 is 14.7 Å². The van der Waals surface area contributed by atoms with Gasteiger partial charge in [0.1, 0.15) is 0 Å². The van der Waals surface area contributed by atoms with Crippen LogP contribution in [0, 0.1) is 6.92 Å². The van der Waals surface area contributed by atoms with Crippen LogP contribution in [-0.2, 0) is 0 Å². The zero-order valence-electron chi connectivity index (χ0n) is 12.2. The van der Waals surface area contributed by atoms with Gasteiger partial charge in [0.05, 0.1) is 11.3 Å². The van der Waals surface area contributed by atoms with E-state index in [0.717, 1.165) is 24.8 Å². The highest BCUT2D eigenvalue weighted by Gasteiger charge is 2.28. The Labute approximate surface area is 128 Å². The number of nitrogens with one attached hydrogen (secondary N) is 2. The molecule has 2 atom stereocenters. The third kappa shape index (κ3) is 3.69. The predicted octanol–water partition coefficient (Wildman–Crippen LogP) is 3.10. The molecule has 0 aromatic heterocycles. The average Bonchev–Trinajstić information content (AvgIpc) is 2.87. The third-order valence-corrected chi connectivity index (χ3v) is 4.98. The van der Waals surface area contributed by atoms with E-state index in [2.05, 4.69) is 10.6 Å². The van der Waals surface area contributed by atoms with Crippen molar-refractivity contribution in [3.63, 3.8) is 0 Å². The molecule has 1 fully saturated rings. The third-order valence-electron chi connectivity index (χ3n) is 3.81. The summed E-state index contributed by atoms with van der Waals surface area (Å²) in [5.41, 5.74) is 1.21. The molecule has 1 aromatic carbocycles. The molecule has 0 heterocycles. The summed E-state index contributed by atoms with van der Waals surface area (Å²) in [6, 6.07) is 4.76. The van der Waals surface area contributed by atoms with Gasteiger partial charge in [-0.1, -0.05) is 18.6 Å². The molecule has 0 saturated heterocycles. The van der Waals surface area contributed by atoms with Gasteiger partial charge in [-0.05, 0) is 37.7 Å². The van der Waals surface area contributed by atoms with Gasteiger partial charge >= 0.3 is 12.0 Å². The summed E-state index contributed by atoms with van der Waals surface area (Å²) in [5, 5.41) is 15.3. The number of carboxylic acid groups (broad SMARTS) is 1. The lowest BCUT2D eigenvalue weighted by molar-refractivity contribution is 0.0698. The van der Waals surface area contributed by atoms with Crippen LogP contribution in [0.5, 0.6) is 0 Å². The number of hydrogen-bond donors (Lipinski definition) is 3. The maximum Gasteiger partial charge on any atom is 0.337 e. The summed E-state index contributed by atoms with van der Waals surface area (Å²) in [6.07, 6.45) is 5.24. The molecular formula is C15H20N2O3S. The molecule has 1 saturated carbocycles. The molecule has 2 unspecified atom stereocenters. The summed E-state index contributed by atoms with van der Waals surface area (Å²) in [4.78, 5) is 23.4. The molecule has 0 bridgehead atoms. The highest BCUT2D eigenvalue weighted by molar-refractivity contribution is 7.99. The molecule has 2 rings (SSSR count). The Kier molecular flexibility index (Phi) is 5.12. The molecule has 1 aromatic rings. The zero-order valence-corrected chi connectivity index (χ0v) is 13.0. The fourth-order valence-electron chi connectivity index (χ4n) is 2.70. The molecular weight excluding hydrogens is 288 g/mol. The Morgan fingerprint density at radius 2 is 2.10 bits per heavy atom. The molecule has 1 aliphatic rings. The zero-order chi connectivity index (χ0) is 15.4. The van der Waals surface area contributed by atoms with Crippen LogP contribution >= 0.6 is 11.8 Å². The summed E-state index contributed by atoms with van der Waals surface area (Å²) >= 11 is 1.76. The van der Waals surface area contributed by atoms with Gasteiger partial charge in [0.25, 0.3) is 0 Å². The lowest BCUT2D eigenvalue weighted by atomic mass is 10.1. The lowest BCUT2D eigenvalue weighted by Crippen LogP contribution is -2.41. The largest absolute Gasteiger partial charge is 0.478 e. The van der Waals surface area contributed by atoms with Crippen molar-refractivity contribution in [2.75, 3.05) is 11.6 Å². The van der Waals surface area contributed by atoms with E-state index < -0.39 is 5.97 Å². The summed E-state index contributed by atoms with van der Waals surface area (Å²) in [5.74, 6) is -1.04. The maximum absolute atomic E-state index is 12.1. The van der Waals surface area contributed by atoms with Crippen molar-refractivity contribution in [1.82, 2.24) is 5.32 Å². The number of amides is 2. The number of para-hydroxylation sites is 1. The van der Waals surface area contributed by atoms with Gasteiger partial charge in [-0.2, -0.15) is 11.8 Å². The molecule has 5 nitrogen and oxygen atoms in total. The Morgan fingerprint density at radius 3 is 2.76 bits per heavy atom. The maximum atomic E-state index is 12.1. The summed E-state index contributed by atoms with van der Waals surface area (Å²) in [6.45, 7) is 1.78. The average molecular weight is 308 g/mol. The van der Waals surface area contributed by atoms with Crippen molar-refractivity contribution in [3.8, 4) is 0 Å². The van der Waals surface area contributed by atoms with E-state index in [1.54, 1.807) is 30.8 Å². The lowest BCUT2D eigenvalue weighted by Gasteiger charge is -2.20. The van der Waals surface area contributed by atoms with Crippen molar-refractivity contribution in [3.05, 3.63) is 29.3 Å². The second-order valence-corrected chi connectivity index (χ2v) is 6.29. The molecule has 3 N–H and O–H groups in total. The van der Waals surface area contributed by atoms with E-state index in [1.807, 2.05) is 6.26 Å². The van der Waals surface area contributed by atoms with Crippen LogP contribution in [0.2, 0.25) is 0 Å². The minimum Gasteiger partial charge on any atom is -0.478 e. The van der Waals surface area contributed by atoms with Crippen molar-refractivity contribution in [2.24, 2.45) is 0 Å². The van der Waals surface area contributed by atoms with Gasteiger partial charge in [-0.25, -0.2) is 9.59 Å². The first-order chi connectivity index (χ1) is 10.0. The van der Waals surface area contributed by atoms with Crippen LogP contribution in [0.1, 0.15) is 35.2 Å². The highest BCUT2D eigenvalue weighted by Crippen LogP contribution is 2.28. The van der Waals surface area contributed by atoms with E-state index in [1.165, 1.54) is 6.07 Å². The molecule has 2 amide bonds. The molecule has 21 heavy (non-hydrogen) atoms. The number of rotatable bonds is 4. The number of thioether (sulfide) groups is 1. The molecule has 114 valence electrons. The SMILES string of the molecule is CSC1CCCC1NC(=O)Nc1c(C)cccc1C(=O)O. The van der Waals surface area contributed by atoms with Gasteiger partial charge in [0.15, 0.2) is 0 Å². The molecule has 0 radical (unpaired) electrons.